The largest absolute Gasteiger partial charge is 0.396 e. The lowest BCUT2D eigenvalue weighted by atomic mass is 9.74. The Morgan fingerprint density at radius 1 is 1.50 bits per heavy atom. The van der Waals surface area contributed by atoms with Gasteiger partial charge in [0.2, 0.25) is 0 Å². The Morgan fingerprint density at radius 2 is 2.25 bits per heavy atom. The highest BCUT2D eigenvalue weighted by Gasteiger charge is 2.32. The first-order chi connectivity index (χ1) is 9.69. The number of carbonyl (C=O) groups excluding carboxylic acids is 1. The predicted molar refractivity (Wildman–Crippen MR) is 72.2 cm³/mol. The van der Waals surface area contributed by atoms with Crippen LogP contribution in [-0.2, 0) is 11.3 Å². The maximum Gasteiger partial charge on any atom is 0.273 e. The molecule has 0 atom stereocenters. The van der Waals surface area contributed by atoms with Gasteiger partial charge in [-0.15, -0.1) is 0 Å². The van der Waals surface area contributed by atoms with Crippen molar-refractivity contribution in [3.63, 3.8) is 0 Å². The fourth-order valence-electron chi connectivity index (χ4n) is 2.68. The van der Waals surface area contributed by atoms with Gasteiger partial charge in [-0.05, 0) is 12.8 Å². The van der Waals surface area contributed by atoms with Crippen molar-refractivity contribution in [2.75, 3.05) is 20.3 Å². The van der Waals surface area contributed by atoms with E-state index in [1.807, 2.05) is 0 Å². The highest BCUT2D eigenvalue weighted by atomic mass is 16.5. The lowest BCUT2D eigenvalue weighted by molar-refractivity contribution is 0.0713. The Kier molecular flexibility index (Phi) is 5.14. The van der Waals surface area contributed by atoms with Gasteiger partial charge in [0, 0.05) is 25.1 Å². The quantitative estimate of drug-likeness (QED) is 0.826. The third kappa shape index (κ3) is 3.58. The summed E-state index contributed by atoms with van der Waals surface area (Å²) in [5.74, 6) is 0.252. The van der Waals surface area contributed by atoms with E-state index in [0.717, 1.165) is 25.7 Å². The Bertz CT molecular complexity index is 438. The van der Waals surface area contributed by atoms with Crippen LogP contribution >= 0.6 is 0 Å². The summed E-state index contributed by atoms with van der Waals surface area (Å²) in [7, 11) is 1.55. The Labute approximate surface area is 118 Å². The van der Waals surface area contributed by atoms with Crippen LogP contribution in [0.1, 0.15) is 48.4 Å². The fourth-order valence-corrected chi connectivity index (χ4v) is 2.68. The topological polar surface area (TPSA) is 84.6 Å². The van der Waals surface area contributed by atoms with Gasteiger partial charge in [-0.3, -0.25) is 4.79 Å². The number of amides is 1. The first-order valence-corrected chi connectivity index (χ1v) is 7.03. The summed E-state index contributed by atoms with van der Waals surface area (Å²) < 4.78 is 9.90. The SMILES string of the molecule is COCc1cc(C(=O)NCC2(CO)CCCCC2)no1. The standard InChI is InChI=1S/C14H22N2O4/c1-19-8-11-7-12(16-20-11)13(18)15-9-14(10-17)5-3-2-4-6-14/h7,17H,2-6,8-10H2,1H3,(H,15,18). The summed E-state index contributed by atoms with van der Waals surface area (Å²) in [6.45, 7) is 0.886. The first kappa shape index (κ1) is 15.0. The van der Waals surface area contributed by atoms with E-state index in [4.69, 9.17) is 9.26 Å². The van der Waals surface area contributed by atoms with Crippen LogP contribution < -0.4 is 5.32 Å². The highest BCUT2D eigenvalue weighted by molar-refractivity contribution is 5.92. The van der Waals surface area contributed by atoms with Crippen LogP contribution in [0.2, 0.25) is 0 Å². The lowest BCUT2D eigenvalue weighted by Gasteiger charge is -2.35. The third-order valence-corrected chi connectivity index (χ3v) is 3.95. The molecule has 0 radical (unpaired) electrons. The summed E-state index contributed by atoms with van der Waals surface area (Å²) in [6.07, 6.45) is 5.34. The summed E-state index contributed by atoms with van der Waals surface area (Å²) in [5.41, 5.74) is 0.0773. The van der Waals surface area contributed by atoms with Crippen LogP contribution in [0.15, 0.2) is 10.6 Å². The molecule has 2 rings (SSSR count). The zero-order chi connectivity index (χ0) is 14.4. The van der Waals surface area contributed by atoms with Gasteiger partial charge in [-0.25, -0.2) is 0 Å². The van der Waals surface area contributed by atoms with E-state index in [2.05, 4.69) is 10.5 Å². The second-order valence-corrected chi connectivity index (χ2v) is 5.51. The van der Waals surface area contributed by atoms with Gasteiger partial charge >= 0.3 is 0 Å². The molecule has 6 heteroatoms. The highest BCUT2D eigenvalue weighted by Crippen LogP contribution is 2.35. The second kappa shape index (κ2) is 6.85. The van der Waals surface area contributed by atoms with Gasteiger partial charge < -0.3 is 19.7 Å². The average molecular weight is 282 g/mol. The molecule has 1 amide bonds. The molecule has 0 aromatic carbocycles. The molecule has 20 heavy (non-hydrogen) atoms. The molecule has 6 nitrogen and oxygen atoms in total. The van der Waals surface area contributed by atoms with E-state index >= 15 is 0 Å². The van der Waals surface area contributed by atoms with Crippen molar-refractivity contribution in [3.8, 4) is 0 Å². The molecule has 1 aliphatic rings. The van der Waals surface area contributed by atoms with Gasteiger partial charge in [0.05, 0.1) is 6.61 Å². The molecular formula is C14H22N2O4. The van der Waals surface area contributed by atoms with Gasteiger partial charge in [-0.1, -0.05) is 24.4 Å². The van der Waals surface area contributed by atoms with Crippen molar-refractivity contribution < 1.29 is 19.2 Å². The van der Waals surface area contributed by atoms with Crippen molar-refractivity contribution >= 4 is 5.91 Å². The lowest BCUT2D eigenvalue weighted by Crippen LogP contribution is -2.41. The first-order valence-electron chi connectivity index (χ1n) is 7.03. The number of carbonyl (C=O) groups is 1. The van der Waals surface area contributed by atoms with Crippen molar-refractivity contribution in [2.45, 2.75) is 38.7 Å². The smallest absolute Gasteiger partial charge is 0.273 e. The maximum absolute atomic E-state index is 12.0. The van der Waals surface area contributed by atoms with Crippen molar-refractivity contribution in [1.82, 2.24) is 10.5 Å². The number of aromatic nitrogens is 1. The molecule has 0 saturated heterocycles. The number of aliphatic hydroxyl groups is 1. The van der Waals surface area contributed by atoms with Crippen LogP contribution in [-0.4, -0.2) is 36.4 Å². The predicted octanol–water partition coefficient (Wildman–Crippen LogP) is 1.49. The van der Waals surface area contributed by atoms with E-state index in [9.17, 15) is 9.90 Å². The summed E-state index contributed by atoms with van der Waals surface area (Å²) in [6, 6.07) is 1.57. The molecule has 1 fully saturated rings. The number of hydrogen-bond donors (Lipinski definition) is 2. The van der Waals surface area contributed by atoms with Crippen LogP contribution in [0.25, 0.3) is 0 Å². The van der Waals surface area contributed by atoms with Crippen LogP contribution in [0.3, 0.4) is 0 Å². The van der Waals surface area contributed by atoms with Gasteiger partial charge in [0.25, 0.3) is 5.91 Å². The molecule has 0 spiro atoms. The number of nitrogens with zero attached hydrogens (tertiary/aromatic N) is 1. The second-order valence-electron chi connectivity index (χ2n) is 5.51. The number of hydrogen-bond acceptors (Lipinski definition) is 5. The fraction of sp³-hybridized carbons (Fsp3) is 0.714. The minimum absolute atomic E-state index is 0.112. The van der Waals surface area contributed by atoms with Crippen molar-refractivity contribution in [2.24, 2.45) is 5.41 Å². The molecule has 0 aliphatic heterocycles. The molecule has 1 aromatic heterocycles. The van der Waals surface area contributed by atoms with E-state index in [-0.39, 0.29) is 23.6 Å². The molecule has 1 heterocycles. The molecule has 0 unspecified atom stereocenters. The van der Waals surface area contributed by atoms with Crippen LogP contribution in [0.4, 0.5) is 0 Å². The Balaban J connectivity index is 1.89. The molecule has 112 valence electrons. The van der Waals surface area contributed by atoms with Crippen LogP contribution in [0.5, 0.6) is 0 Å². The third-order valence-electron chi connectivity index (χ3n) is 3.95. The number of rotatable bonds is 6. The minimum Gasteiger partial charge on any atom is -0.396 e. The summed E-state index contributed by atoms with van der Waals surface area (Å²) in [5, 5.41) is 16.2. The normalized spacial score (nSPS) is 17.9. The molecule has 1 saturated carbocycles. The van der Waals surface area contributed by atoms with E-state index < -0.39 is 0 Å². The number of ether oxygens (including phenoxy) is 1. The molecular weight excluding hydrogens is 260 g/mol. The van der Waals surface area contributed by atoms with Gasteiger partial charge in [0.1, 0.15) is 6.61 Å². The zero-order valence-electron chi connectivity index (χ0n) is 11.9. The minimum atomic E-state index is -0.269. The molecule has 1 aliphatic carbocycles. The monoisotopic (exact) mass is 282 g/mol. The number of aliphatic hydroxyl groups excluding tert-OH is 1. The van der Waals surface area contributed by atoms with Gasteiger partial charge in [0.15, 0.2) is 11.5 Å². The molecule has 0 bridgehead atoms. The van der Waals surface area contributed by atoms with Crippen molar-refractivity contribution in [3.05, 3.63) is 17.5 Å². The average Bonchev–Trinajstić information content (AvgIpc) is 2.95. The van der Waals surface area contributed by atoms with E-state index in [1.54, 1.807) is 13.2 Å². The van der Waals surface area contributed by atoms with E-state index in [1.165, 1.54) is 6.42 Å². The number of methoxy groups -OCH3 is 1. The van der Waals surface area contributed by atoms with Crippen LogP contribution in [0, 0.1) is 5.41 Å². The summed E-state index contributed by atoms with van der Waals surface area (Å²) >= 11 is 0. The Hall–Kier alpha value is -1.40. The van der Waals surface area contributed by atoms with Gasteiger partial charge in [-0.2, -0.15) is 0 Å². The van der Waals surface area contributed by atoms with E-state index in [0.29, 0.717) is 18.9 Å². The summed E-state index contributed by atoms with van der Waals surface area (Å²) in [4.78, 5) is 12.0. The maximum atomic E-state index is 12.0. The van der Waals surface area contributed by atoms with Crippen molar-refractivity contribution in [1.29, 1.82) is 0 Å². The Morgan fingerprint density at radius 3 is 2.90 bits per heavy atom. The number of nitrogens with one attached hydrogen (secondary N) is 1. The molecule has 2 N–H and O–H groups in total. The molecule has 1 aromatic rings. The zero-order valence-corrected chi connectivity index (χ0v) is 11.9.